The van der Waals surface area contributed by atoms with E-state index in [4.69, 9.17) is 0 Å². The summed E-state index contributed by atoms with van der Waals surface area (Å²) in [7, 11) is -1.70. The summed E-state index contributed by atoms with van der Waals surface area (Å²) in [4.78, 5) is 28.9. The predicted molar refractivity (Wildman–Crippen MR) is 119 cm³/mol. The first-order chi connectivity index (χ1) is 14.8. The van der Waals surface area contributed by atoms with Crippen molar-refractivity contribution in [2.24, 2.45) is 12.0 Å². The molecule has 1 aromatic heterocycles. The molecule has 1 aliphatic heterocycles. The Morgan fingerprint density at radius 1 is 1.06 bits per heavy atom. The monoisotopic (exact) mass is 458 g/mol. The van der Waals surface area contributed by atoms with Crippen LogP contribution in [0.5, 0.6) is 0 Å². The molecule has 0 unspecified atom stereocenters. The van der Waals surface area contributed by atoms with Gasteiger partial charge in [0.25, 0.3) is 5.91 Å². The van der Waals surface area contributed by atoms with Crippen molar-refractivity contribution in [2.75, 3.05) is 18.4 Å². The first kappa shape index (κ1) is 21.4. The van der Waals surface area contributed by atoms with Gasteiger partial charge in [0, 0.05) is 38.3 Å². The second kappa shape index (κ2) is 8.37. The fraction of sp³-hybridized carbons (Fsp3) is 0.286. The van der Waals surface area contributed by atoms with Crippen LogP contribution in [-0.4, -0.2) is 42.2 Å². The molecule has 1 fully saturated rings. The Balaban J connectivity index is 1.62. The Morgan fingerprint density at radius 3 is 2.39 bits per heavy atom. The van der Waals surface area contributed by atoms with Gasteiger partial charge in [0.2, 0.25) is 15.9 Å². The second-order valence-electron chi connectivity index (χ2n) is 7.36. The van der Waals surface area contributed by atoms with Crippen molar-refractivity contribution < 1.29 is 18.0 Å². The Bertz CT molecular complexity index is 1330. The number of hydrogen-bond donors (Lipinski definition) is 1. The number of amides is 2. The van der Waals surface area contributed by atoms with Crippen molar-refractivity contribution >= 4 is 49.1 Å². The molecule has 0 saturated carbocycles. The quantitative estimate of drug-likeness (QED) is 0.650. The van der Waals surface area contributed by atoms with Crippen molar-refractivity contribution in [1.82, 2.24) is 8.87 Å². The van der Waals surface area contributed by atoms with E-state index in [1.807, 2.05) is 23.7 Å². The van der Waals surface area contributed by atoms with E-state index in [1.165, 1.54) is 46.8 Å². The van der Waals surface area contributed by atoms with E-state index in [0.29, 0.717) is 29.1 Å². The van der Waals surface area contributed by atoms with Gasteiger partial charge in [-0.25, -0.2) is 8.42 Å². The van der Waals surface area contributed by atoms with Crippen molar-refractivity contribution in [2.45, 2.75) is 24.7 Å². The van der Waals surface area contributed by atoms with Crippen LogP contribution in [0.1, 0.15) is 30.1 Å². The number of rotatable bonds is 4. The van der Waals surface area contributed by atoms with Gasteiger partial charge in [0.05, 0.1) is 15.1 Å². The maximum atomic E-state index is 12.7. The highest BCUT2D eigenvalue weighted by Crippen LogP contribution is 2.23. The Morgan fingerprint density at radius 2 is 1.74 bits per heavy atom. The largest absolute Gasteiger partial charge is 0.326 e. The van der Waals surface area contributed by atoms with Gasteiger partial charge in [0.1, 0.15) is 0 Å². The highest BCUT2D eigenvalue weighted by molar-refractivity contribution is 7.89. The Hall–Kier alpha value is -2.82. The zero-order chi connectivity index (χ0) is 22.2. The molecule has 1 N–H and O–H groups in total. The van der Waals surface area contributed by atoms with Crippen molar-refractivity contribution in [1.29, 1.82) is 0 Å². The van der Waals surface area contributed by atoms with Crippen LogP contribution in [-0.2, 0) is 21.9 Å². The standard InChI is InChI=1S/C21H22N4O4S2/c1-14(26)22-16-7-10-18-19(13-16)30-21(24(18)2)23-20(27)15-5-8-17(9-6-15)31(28,29)25-11-3-4-12-25/h5-10,13H,3-4,11-12H2,1-2H3,(H,22,26). The molecule has 0 radical (unpaired) electrons. The van der Waals surface area contributed by atoms with Crippen molar-refractivity contribution in [3.8, 4) is 0 Å². The molecule has 0 bridgehead atoms. The molecule has 8 nitrogen and oxygen atoms in total. The smallest absolute Gasteiger partial charge is 0.279 e. The first-order valence-corrected chi connectivity index (χ1v) is 12.1. The molecule has 2 aromatic carbocycles. The van der Waals surface area contributed by atoms with Gasteiger partial charge in [-0.3, -0.25) is 9.59 Å². The molecule has 0 spiro atoms. The van der Waals surface area contributed by atoms with Gasteiger partial charge < -0.3 is 9.88 Å². The third kappa shape index (κ3) is 4.32. The number of hydrogen-bond acceptors (Lipinski definition) is 5. The van der Waals surface area contributed by atoms with E-state index in [0.717, 1.165) is 23.1 Å². The number of aromatic nitrogens is 1. The van der Waals surface area contributed by atoms with E-state index < -0.39 is 15.9 Å². The maximum Gasteiger partial charge on any atom is 0.279 e. The number of nitrogens with zero attached hydrogens (tertiary/aromatic N) is 3. The topological polar surface area (TPSA) is 101 Å². The molecule has 31 heavy (non-hydrogen) atoms. The van der Waals surface area contributed by atoms with Gasteiger partial charge in [-0.1, -0.05) is 11.3 Å². The van der Waals surface area contributed by atoms with Gasteiger partial charge in [-0.15, -0.1) is 0 Å². The molecule has 2 heterocycles. The molecular formula is C21H22N4O4S2. The van der Waals surface area contributed by atoms with Crippen molar-refractivity contribution in [3.05, 3.63) is 52.8 Å². The molecule has 10 heteroatoms. The molecule has 4 rings (SSSR count). The summed E-state index contributed by atoms with van der Waals surface area (Å²) < 4.78 is 29.4. The van der Waals surface area contributed by atoms with E-state index in [-0.39, 0.29) is 10.8 Å². The maximum absolute atomic E-state index is 12.7. The lowest BCUT2D eigenvalue weighted by Crippen LogP contribution is -2.27. The van der Waals surface area contributed by atoms with Gasteiger partial charge >= 0.3 is 0 Å². The zero-order valence-corrected chi connectivity index (χ0v) is 18.8. The van der Waals surface area contributed by atoms with Crippen molar-refractivity contribution in [3.63, 3.8) is 0 Å². The van der Waals surface area contributed by atoms with Crippen LogP contribution >= 0.6 is 11.3 Å². The minimum atomic E-state index is -3.52. The van der Waals surface area contributed by atoms with Crippen LogP contribution in [0.15, 0.2) is 52.4 Å². The number of sulfonamides is 1. The molecule has 1 aliphatic rings. The predicted octanol–water partition coefficient (Wildman–Crippen LogP) is 2.72. The molecule has 162 valence electrons. The molecule has 2 amide bonds. The van der Waals surface area contributed by atoms with Gasteiger partial charge in [-0.2, -0.15) is 9.30 Å². The molecular weight excluding hydrogens is 436 g/mol. The van der Waals surface area contributed by atoms with Crippen LogP contribution in [0.4, 0.5) is 5.69 Å². The number of carbonyl (C=O) groups is 2. The molecule has 3 aromatic rings. The number of nitrogens with one attached hydrogen (secondary N) is 1. The minimum absolute atomic E-state index is 0.157. The van der Waals surface area contributed by atoms with Gasteiger partial charge in [0.15, 0.2) is 4.80 Å². The summed E-state index contributed by atoms with van der Waals surface area (Å²) in [5.41, 5.74) is 1.88. The average Bonchev–Trinajstić information content (AvgIpc) is 3.37. The summed E-state index contributed by atoms with van der Waals surface area (Å²) in [6.07, 6.45) is 1.74. The number of carbonyl (C=O) groups excluding carboxylic acids is 2. The summed E-state index contributed by atoms with van der Waals surface area (Å²) >= 11 is 1.33. The van der Waals surface area contributed by atoms with E-state index in [9.17, 15) is 18.0 Å². The van der Waals surface area contributed by atoms with E-state index in [2.05, 4.69) is 10.3 Å². The summed E-state index contributed by atoms with van der Waals surface area (Å²) in [6.45, 7) is 2.51. The van der Waals surface area contributed by atoms with Gasteiger partial charge in [-0.05, 0) is 55.3 Å². The molecule has 0 atom stereocenters. The fourth-order valence-electron chi connectivity index (χ4n) is 3.52. The summed E-state index contributed by atoms with van der Waals surface area (Å²) in [5.74, 6) is -0.607. The lowest BCUT2D eigenvalue weighted by Gasteiger charge is -2.15. The zero-order valence-electron chi connectivity index (χ0n) is 17.2. The summed E-state index contributed by atoms with van der Waals surface area (Å²) in [5, 5.41) is 2.74. The number of fused-ring (bicyclic) bond motifs is 1. The first-order valence-electron chi connectivity index (χ1n) is 9.82. The number of benzene rings is 2. The Kier molecular flexibility index (Phi) is 5.78. The van der Waals surface area contributed by atoms with Crippen LogP contribution in [0, 0.1) is 0 Å². The lowest BCUT2D eigenvalue weighted by atomic mass is 10.2. The fourth-order valence-corrected chi connectivity index (χ4v) is 6.09. The van der Waals surface area contributed by atoms with Crippen LogP contribution in [0.3, 0.4) is 0 Å². The van der Waals surface area contributed by atoms with Crippen LogP contribution in [0.25, 0.3) is 10.2 Å². The minimum Gasteiger partial charge on any atom is -0.326 e. The second-order valence-corrected chi connectivity index (χ2v) is 10.3. The van der Waals surface area contributed by atoms with Crippen LogP contribution < -0.4 is 10.1 Å². The number of anilines is 1. The normalized spacial score (nSPS) is 15.5. The Labute approximate surface area is 183 Å². The number of thiazole rings is 1. The lowest BCUT2D eigenvalue weighted by molar-refractivity contribution is -0.114. The molecule has 1 saturated heterocycles. The van der Waals surface area contributed by atoms with E-state index >= 15 is 0 Å². The summed E-state index contributed by atoms with van der Waals surface area (Å²) in [6, 6.07) is 11.4. The van der Waals surface area contributed by atoms with Crippen LogP contribution in [0.2, 0.25) is 0 Å². The third-order valence-corrected chi connectivity index (χ3v) is 8.14. The molecule has 0 aliphatic carbocycles. The highest BCUT2D eigenvalue weighted by Gasteiger charge is 2.27. The average molecular weight is 459 g/mol. The number of aryl methyl sites for hydroxylation is 1. The highest BCUT2D eigenvalue weighted by atomic mass is 32.2. The van der Waals surface area contributed by atoms with E-state index in [1.54, 1.807) is 6.07 Å². The third-order valence-electron chi connectivity index (χ3n) is 5.13. The SMILES string of the molecule is CC(=O)Nc1ccc2c(c1)sc(=NC(=O)c1ccc(S(=O)(=O)N3CCCC3)cc1)n2C.